The van der Waals surface area contributed by atoms with Crippen molar-refractivity contribution in [1.29, 1.82) is 0 Å². The molecule has 0 bridgehead atoms. The van der Waals surface area contributed by atoms with Crippen molar-refractivity contribution in [3.8, 4) is 0 Å². The first kappa shape index (κ1) is 18.0. The minimum Gasteiger partial charge on any atom is -0.481 e. The number of aliphatic imine (C=N–C) groups is 1. The van der Waals surface area contributed by atoms with Crippen molar-refractivity contribution in [3.63, 3.8) is 0 Å². The molecule has 4 aliphatic carbocycles. The Labute approximate surface area is 157 Å². The minimum atomic E-state index is -0.628. The van der Waals surface area contributed by atoms with Crippen LogP contribution in [0, 0.1) is 35.0 Å². The number of rotatable bonds is 4. The molecule has 0 radical (unpaired) electrons. The summed E-state index contributed by atoms with van der Waals surface area (Å²) in [4.78, 5) is 15.5. The summed E-state index contributed by atoms with van der Waals surface area (Å²) in [6.07, 6.45) is 17.3. The summed E-state index contributed by atoms with van der Waals surface area (Å²) in [5.74, 6) is 2.99. The molecule has 6 atom stereocenters. The zero-order valence-electron chi connectivity index (χ0n) is 16.3. The van der Waals surface area contributed by atoms with E-state index in [2.05, 4.69) is 30.1 Å². The lowest BCUT2D eigenvalue weighted by atomic mass is 9.51. The lowest BCUT2D eigenvalue weighted by Gasteiger charge is -2.53. The van der Waals surface area contributed by atoms with Crippen LogP contribution in [0.4, 0.5) is 0 Å². The molecule has 142 valence electrons. The number of carboxylic acids is 1. The topological polar surface area (TPSA) is 49.7 Å². The third-order valence-electron chi connectivity index (χ3n) is 8.43. The Bertz CT molecular complexity index is 661. The predicted molar refractivity (Wildman–Crippen MR) is 105 cm³/mol. The molecule has 0 aromatic heterocycles. The van der Waals surface area contributed by atoms with Crippen molar-refractivity contribution < 1.29 is 9.90 Å². The van der Waals surface area contributed by atoms with Gasteiger partial charge in [-0.05, 0) is 98.0 Å². The molecule has 5 unspecified atom stereocenters. The molecule has 0 spiro atoms. The van der Waals surface area contributed by atoms with Gasteiger partial charge in [0.15, 0.2) is 0 Å². The van der Waals surface area contributed by atoms with E-state index in [4.69, 9.17) is 5.11 Å². The normalized spacial score (nSPS) is 42.8. The first-order valence-electron chi connectivity index (χ1n) is 10.7. The molecule has 0 aliphatic heterocycles. The lowest BCUT2D eigenvalue weighted by molar-refractivity contribution is -0.137. The van der Waals surface area contributed by atoms with Crippen LogP contribution < -0.4 is 0 Å². The van der Waals surface area contributed by atoms with E-state index in [-0.39, 0.29) is 0 Å². The average molecular weight is 356 g/mol. The SMILES string of the molecule is CC[C@]12CCC3C4CC/C(=N\C)C=C4C=CC3C1CCC2CCC(=O)O. The number of carboxylic acid groups (broad SMARTS) is 1. The zero-order chi connectivity index (χ0) is 18.3. The molecule has 2 saturated carbocycles. The third-order valence-corrected chi connectivity index (χ3v) is 8.43. The molecule has 0 aromatic rings. The van der Waals surface area contributed by atoms with E-state index in [0.29, 0.717) is 23.7 Å². The molecule has 0 aromatic carbocycles. The first-order chi connectivity index (χ1) is 12.6. The molecule has 0 saturated heterocycles. The summed E-state index contributed by atoms with van der Waals surface area (Å²) in [5.41, 5.74) is 3.17. The van der Waals surface area contributed by atoms with Gasteiger partial charge in [0.05, 0.1) is 0 Å². The van der Waals surface area contributed by atoms with Gasteiger partial charge in [-0.25, -0.2) is 0 Å². The molecule has 26 heavy (non-hydrogen) atoms. The van der Waals surface area contributed by atoms with Gasteiger partial charge in [-0.1, -0.05) is 19.1 Å². The van der Waals surface area contributed by atoms with Crippen molar-refractivity contribution in [2.75, 3.05) is 7.05 Å². The molecular formula is C23H33NO2. The Morgan fingerprint density at radius 1 is 1.31 bits per heavy atom. The molecule has 4 aliphatic rings. The van der Waals surface area contributed by atoms with Crippen LogP contribution >= 0.6 is 0 Å². The summed E-state index contributed by atoms with van der Waals surface area (Å²) < 4.78 is 0. The van der Waals surface area contributed by atoms with E-state index in [1.54, 1.807) is 0 Å². The predicted octanol–water partition coefficient (Wildman–Crippen LogP) is 5.28. The monoisotopic (exact) mass is 355 g/mol. The number of carbonyl (C=O) groups is 1. The quantitative estimate of drug-likeness (QED) is 0.746. The second-order valence-electron chi connectivity index (χ2n) is 9.04. The molecule has 3 heteroatoms. The van der Waals surface area contributed by atoms with E-state index in [1.165, 1.54) is 49.8 Å². The zero-order valence-corrected chi connectivity index (χ0v) is 16.3. The van der Waals surface area contributed by atoms with Gasteiger partial charge in [-0.15, -0.1) is 0 Å². The Hall–Kier alpha value is -1.38. The number of fused-ring (bicyclic) bond motifs is 5. The van der Waals surface area contributed by atoms with Gasteiger partial charge in [0.25, 0.3) is 0 Å². The second kappa shape index (κ2) is 6.98. The van der Waals surface area contributed by atoms with Crippen molar-refractivity contribution in [2.45, 2.75) is 64.7 Å². The smallest absolute Gasteiger partial charge is 0.303 e. The maximum atomic E-state index is 11.1. The van der Waals surface area contributed by atoms with Gasteiger partial charge in [0, 0.05) is 19.2 Å². The maximum Gasteiger partial charge on any atom is 0.303 e. The van der Waals surface area contributed by atoms with Gasteiger partial charge < -0.3 is 5.11 Å². The summed E-state index contributed by atoms with van der Waals surface area (Å²) in [5, 5.41) is 9.16. The summed E-state index contributed by atoms with van der Waals surface area (Å²) in [7, 11) is 1.91. The Balaban J connectivity index is 1.60. The van der Waals surface area contributed by atoms with Gasteiger partial charge >= 0.3 is 5.97 Å². The molecule has 4 rings (SSSR count). The molecule has 2 fully saturated rings. The van der Waals surface area contributed by atoms with Gasteiger partial charge in [0.2, 0.25) is 0 Å². The number of allylic oxidation sites excluding steroid dienone is 4. The van der Waals surface area contributed by atoms with Crippen LogP contribution in [0.2, 0.25) is 0 Å². The van der Waals surface area contributed by atoms with E-state index >= 15 is 0 Å². The van der Waals surface area contributed by atoms with E-state index < -0.39 is 5.97 Å². The standard InChI is InChI=1S/C23H33NO2/c1-3-23-13-12-19-18-9-7-17(24-2)14-15(18)4-8-20(19)21(23)10-5-16(23)6-11-22(25)26/h4,8,14,16,18-21H,3,5-7,9-13H2,1-2H3,(H,25,26)/b24-17+/t16?,18?,19?,20?,21?,23-/m1/s1. The van der Waals surface area contributed by atoms with Gasteiger partial charge in [0.1, 0.15) is 0 Å². The Morgan fingerprint density at radius 3 is 2.88 bits per heavy atom. The Kier molecular flexibility index (Phi) is 4.83. The molecule has 1 N–H and O–H groups in total. The maximum absolute atomic E-state index is 11.1. The number of nitrogens with zero attached hydrogens (tertiary/aromatic N) is 1. The van der Waals surface area contributed by atoms with Crippen LogP contribution in [-0.2, 0) is 4.79 Å². The van der Waals surface area contributed by atoms with E-state index in [9.17, 15) is 4.79 Å². The van der Waals surface area contributed by atoms with Crippen LogP contribution in [0.1, 0.15) is 64.7 Å². The van der Waals surface area contributed by atoms with Crippen molar-refractivity contribution in [1.82, 2.24) is 0 Å². The summed E-state index contributed by atoms with van der Waals surface area (Å²) >= 11 is 0. The fourth-order valence-corrected chi connectivity index (χ4v) is 7.23. The van der Waals surface area contributed by atoms with Crippen LogP contribution in [0.25, 0.3) is 0 Å². The van der Waals surface area contributed by atoms with Crippen molar-refractivity contribution >= 4 is 11.7 Å². The highest BCUT2D eigenvalue weighted by Gasteiger charge is 2.56. The van der Waals surface area contributed by atoms with Crippen molar-refractivity contribution in [3.05, 3.63) is 23.8 Å². The first-order valence-corrected chi connectivity index (χ1v) is 10.7. The molecule has 3 nitrogen and oxygen atoms in total. The summed E-state index contributed by atoms with van der Waals surface area (Å²) in [6, 6.07) is 0. The molecular weight excluding hydrogens is 322 g/mol. The highest BCUT2D eigenvalue weighted by atomic mass is 16.4. The third kappa shape index (κ3) is 2.78. The number of hydrogen-bond acceptors (Lipinski definition) is 2. The minimum absolute atomic E-state index is 0.345. The van der Waals surface area contributed by atoms with Crippen LogP contribution in [-0.4, -0.2) is 23.8 Å². The molecule has 0 heterocycles. The fourth-order valence-electron chi connectivity index (χ4n) is 7.23. The highest BCUT2D eigenvalue weighted by Crippen LogP contribution is 2.64. The van der Waals surface area contributed by atoms with Gasteiger partial charge in [-0.3, -0.25) is 9.79 Å². The van der Waals surface area contributed by atoms with E-state index in [1.807, 2.05) is 7.05 Å². The van der Waals surface area contributed by atoms with Crippen LogP contribution in [0.5, 0.6) is 0 Å². The number of aliphatic carboxylic acids is 1. The molecule has 0 amide bonds. The Morgan fingerprint density at radius 2 is 2.15 bits per heavy atom. The fraction of sp³-hybridized carbons (Fsp3) is 0.739. The van der Waals surface area contributed by atoms with Crippen LogP contribution in [0.3, 0.4) is 0 Å². The largest absolute Gasteiger partial charge is 0.481 e. The van der Waals surface area contributed by atoms with Crippen molar-refractivity contribution in [2.24, 2.45) is 40.0 Å². The summed E-state index contributed by atoms with van der Waals surface area (Å²) in [6.45, 7) is 2.36. The lowest BCUT2D eigenvalue weighted by Crippen LogP contribution is -2.46. The van der Waals surface area contributed by atoms with Gasteiger partial charge in [-0.2, -0.15) is 0 Å². The second-order valence-corrected chi connectivity index (χ2v) is 9.04. The highest BCUT2D eigenvalue weighted by molar-refractivity contribution is 5.96. The number of hydrogen-bond donors (Lipinski definition) is 1. The van der Waals surface area contributed by atoms with Crippen LogP contribution in [0.15, 0.2) is 28.8 Å². The average Bonchev–Trinajstić information content (AvgIpc) is 3.04. The van der Waals surface area contributed by atoms with E-state index in [0.717, 1.165) is 30.6 Å².